The molecule has 0 heterocycles. The summed E-state index contributed by atoms with van der Waals surface area (Å²) < 4.78 is 11.8. The lowest BCUT2D eigenvalue weighted by Crippen LogP contribution is -2.21. The maximum Gasteiger partial charge on any atom is 0.269 e. The molecule has 0 atom stereocenters. The fourth-order valence-corrected chi connectivity index (χ4v) is 2.99. The number of nitrogens with one attached hydrogen (secondary N) is 2. The van der Waals surface area contributed by atoms with Crippen molar-refractivity contribution in [3.05, 3.63) is 69.2 Å². The van der Waals surface area contributed by atoms with Crippen molar-refractivity contribution in [1.82, 2.24) is 5.32 Å². The molecule has 152 valence electrons. The standard InChI is InChI=1S/C19H22BrN3O4.ClH/c1-3-10-27-19-17(20)11-14(12-18(19)26-2)13-21-8-9-22-15-4-6-16(7-5-15)23(24)25;/h3-7,11-12,21-22H,1,8-10,13H2,2H3;1H. The quantitative estimate of drug-likeness (QED) is 0.216. The summed E-state index contributed by atoms with van der Waals surface area (Å²) in [5, 5.41) is 17.2. The van der Waals surface area contributed by atoms with E-state index in [1.807, 2.05) is 12.1 Å². The Morgan fingerprint density at radius 1 is 1.25 bits per heavy atom. The Morgan fingerprint density at radius 2 is 1.96 bits per heavy atom. The normalized spacial score (nSPS) is 9.93. The van der Waals surface area contributed by atoms with Gasteiger partial charge in [0.05, 0.1) is 16.5 Å². The highest BCUT2D eigenvalue weighted by Gasteiger charge is 2.11. The SMILES string of the molecule is C=CCOc1c(Br)cc(CNCCNc2ccc([N+](=O)[O-])cc2)cc1OC.Cl. The van der Waals surface area contributed by atoms with Crippen LogP contribution < -0.4 is 20.1 Å². The van der Waals surface area contributed by atoms with Gasteiger partial charge in [-0.15, -0.1) is 12.4 Å². The van der Waals surface area contributed by atoms with Crippen LogP contribution in [0, 0.1) is 10.1 Å². The van der Waals surface area contributed by atoms with Gasteiger partial charge in [0.2, 0.25) is 0 Å². The summed E-state index contributed by atoms with van der Waals surface area (Å²) >= 11 is 3.51. The first-order valence-electron chi connectivity index (χ1n) is 8.34. The van der Waals surface area contributed by atoms with Gasteiger partial charge in [-0.25, -0.2) is 0 Å². The van der Waals surface area contributed by atoms with Gasteiger partial charge < -0.3 is 20.1 Å². The highest BCUT2D eigenvalue weighted by atomic mass is 79.9. The highest BCUT2D eigenvalue weighted by molar-refractivity contribution is 9.10. The zero-order chi connectivity index (χ0) is 19.6. The van der Waals surface area contributed by atoms with Crippen molar-refractivity contribution in [2.45, 2.75) is 6.54 Å². The number of rotatable bonds is 11. The number of halogens is 2. The molecule has 0 aliphatic rings. The molecule has 0 aliphatic heterocycles. The number of anilines is 1. The van der Waals surface area contributed by atoms with Gasteiger partial charge in [-0.3, -0.25) is 10.1 Å². The first kappa shape index (κ1) is 23.7. The largest absolute Gasteiger partial charge is 0.493 e. The van der Waals surface area contributed by atoms with Gasteiger partial charge in [-0.2, -0.15) is 0 Å². The summed E-state index contributed by atoms with van der Waals surface area (Å²) in [4.78, 5) is 10.2. The topological polar surface area (TPSA) is 85.7 Å². The number of hydrogen-bond acceptors (Lipinski definition) is 6. The maximum atomic E-state index is 10.6. The van der Waals surface area contributed by atoms with E-state index in [1.165, 1.54) is 12.1 Å². The van der Waals surface area contributed by atoms with E-state index in [0.717, 1.165) is 22.3 Å². The number of nitro benzene ring substituents is 1. The van der Waals surface area contributed by atoms with E-state index >= 15 is 0 Å². The van der Waals surface area contributed by atoms with E-state index in [0.29, 0.717) is 31.2 Å². The molecule has 0 amide bonds. The fraction of sp³-hybridized carbons (Fsp3) is 0.263. The molecule has 0 fully saturated rings. The number of nitro groups is 1. The molecule has 2 N–H and O–H groups in total. The summed E-state index contributed by atoms with van der Waals surface area (Å²) in [6, 6.07) is 10.3. The van der Waals surface area contributed by atoms with Crippen LogP contribution in [0.1, 0.15) is 5.56 Å². The van der Waals surface area contributed by atoms with Crippen molar-refractivity contribution >= 4 is 39.7 Å². The summed E-state index contributed by atoms with van der Waals surface area (Å²) in [7, 11) is 1.61. The number of benzene rings is 2. The molecule has 7 nitrogen and oxygen atoms in total. The molecular formula is C19H23BrClN3O4. The molecule has 0 bridgehead atoms. The number of nitrogens with zero attached hydrogens (tertiary/aromatic N) is 1. The van der Waals surface area contributed by atoms with Gasteiger partial charge in [0, 0.05) is 37.5 Å². The highest BCUT2D eigenvalue weighted by Crippen LogP contribution is 2.36. The van der Waals surface area contributed by atoms with Gasteiger partial charge in [0.25, 0.3) is 5.69 Å². The second-order valence-electron chi connectivity index (χ2n) is 5.62. The second-order valence-corrected chi connectivity index (χ2v) is 6.47. The van der Waals surface area contributed by atoms with Crippen LogP contribution in [0.5, 0.6) is 11.5 Å². The Hall–Kier alpha value is -2.29. The van der Waals surface area contributed by atoms with E-state index in [9.17, 15) is 10.1 Å². The van der Waals surface area contributed by atoms with Crippen LogP contribution in [0.25, 0.3) is 0 Å². The fourth-order valence-electron chi connectivity index (χ4n) is 2.39. The zero-order valence-corrected chi connectivity index (χ0v) is 17.8. The molecule has 2 rings (SSSR count). The van der Waals surface area contributed by atoms with Crippen molar-refractivity contribution in [3.8, 4) is 11.5 Å². The number of methoxy groups -OCH3 is 1. The number of non-ortho nitro benzene ring substituents is 1. The lowest BCUT2D eigenvalue weighted by molar-refractivity contribution is -0.384. The van der Waals surface area contributed by atoms with Crippen molar-refractivity contribution in [2.75, 3.05) is 32.1 Å². The van der Waals surface area contributed by atoms with Crippen LogP contribution in [0.15, 0.2) is 53.5 Å². The Labute approximate surface area is 178 Å². The maximum absolute atomic E-state index is 10.6. The molecular weight excluding hydrogens is 450 g/mol. The Kier molecular flexibility index (Phi) is 10.4. The third-order valence-electron chi connectivity index (χ3n) is 3.67. The molecule has 28 heavy (non-hydrogen) atoms. The van der Waals surface area contributed by atoms with Crippen molar-refractivity contribution in [2.24, 2.45) is 0 Å². The minimum atomic E-state index is -0.411. The molecule has 0 aliphatic carbocycles. The predicted octanol–water partition coefficient (Wildman–Crippen LogP) is 4.55. The van der Waals surface area contributed by atoms with Gasteiger partial charge in [0.1, 0.15) is 6.61 Å². The van der Waals surface area contributed by atoms with Crippen LogP contribution in [0.3, 0.4) is 0 Å². The lowest BCUT2D eigenvalue weighted by Gasteiger charge is -2.14. The average molecular weight is 473 g/mol. The van der Waals surface area contributed by atoms with Crippen molar-refractivity contribution in [3.63, 3.8) is 0 Å². The Bertz CT molecular complexity index is 787. The predicted molar refractivity (Wildman–Crippen MR) is 117 cm³/mol. The van der Waals surface area contributed by atoms with E-state index < -0.39 is 4.92 Å². The monoisotopic (exact) mass is 471 g/mol. The Balaban J connectivity index is 0.00000392. The van der Waals surface area contributed by atoms with Crippen LogP contribution >= 0.6 is 28.3 Å². The van der Waals surface area contributed by atoms with E-state index in [4.69, 9.17) is 9.47 Å². The molecule has 2 aromatic carbocycles. The van der Waals surface area contributed by atoms with E-state index in [2.05, 4.69) is 33.1 Å². The van der Waals surface area contributed by atoms with E-state index in [-0.39, 0.29) is 18.1 Å². The van der Waals surface area contributed by atoms with Gasteiger partial charge >= 0.3 is 0 Å². The Morgan fingerprint density at radius 3 is 2.57 bits per heavy atom. The number of hydrogen-bond donors (Lipinski definition) is 2. The smallest absolute Gasteiger partial charge is 0.269 e. The minimum absolute atomic E-state index is 0. The summed E-state index contributed by atoms with van der Waals surface area (Å²) in [5.41, 5.74) is 1.98. The molecule has 0 aromatic heterocycles. The zero-order valence-electron chi connectivity index (χ0n) is 15.4. The minimum Gasteiger partial charge on any atom is -0.493 e. The third-order valence-corrected chi connectivity index (χ3v) is 4.26. The molecule has 0 saturated heterocycles. The van der Waals surface area contributed by atoms with Crippen molar-refractivity contribution < 1.29 is 14.4 Å². The van der Waals surface area contributed by atoms with Gasteiger partial charge in [0.15, 0.2) is 11.5 Å². The van der Waals surface area contributed by atoms with Crippen LogP contribution in [-0.4, -0.2) is 31.7 Å². The third kappa shape index (κ3) is 7.03. The molecule has 0 saturated carbocycles. The molecule has 9 heteroatoms. The van der Waals surface area contributed by atoms with Crippen LogP contribution in [0.4, 0.5) is 11.4 Å². The molecule has 2 aromatic rings. The first-order valence-corrected chi connectivity index (χ1v) is 9.13. The van der Waals surface area contributed by atoms with Gasteiger partial charge in [-0.1, -0.05) is 12.7 Å². The average Bonchev–Trinajstić information content (AvgIpc) is 2.66. The summed E-state index contributed by atoms with van der Waals surface area (Å²) in [5.74, 6) is 1.31. The lowest BCUT2D eigenvalue weighted by atomic mass is 10.2. The number of ether oxygens (including phenoxy) is 2. The summed E-state index contributed by atoms with van der Waals surface area (Å²) in [6.45, 7) is 6.13. The van der Waals surface area contributed by atoms with Crippen molar-refractivity contribution in [1.29, 1.82) is 0 Å². The first-order chi connectivity index (χ1) is 13.0. The van der Waals surface area contributed by atoms with E-state index in [1.54, 1.807) is 25.3 Å². The van der Waals surface area contributed by atoms with Crippen LogP contribution in [-0.2, 0) is 6.54 Å². The second kappa shape index (κ2) is 12.2. The molecule has 0 radical (unpaired) electrons. The summed E-state index contributed by atoms with van der Waals surface area (Å²) in [6.07, 6.45) is 1.68. The van der Waals surface area contributed by atoms with Gasteiger partial charge in [-0.05, 0) is 45.8 Å². The van der Waals surface area contributed by atoms with Crippen LogP contribution in [0.2, 0.25) is 0 Å². The molecule has 0 spiro atoms. The molecule has 0 unspecified atom stereocenters.